The van der Waals surface area contributed by atoms with Crippen LogP contribution in [0.25, 0.3) is 0 Å². The van der Waals surface area contributed by atoms with Crippen molar-refractivity contribution in [1.82, 2.24) is 4.98 Å². The molecule has 4 heteroatoms. The molecular formula is C11H15NO2S. The van der Waals surface area contributed by atoms with Gasteiger partial charge in [0.05, 0.1) is 11.3 Å². The minimum absolute atomic E-state index is 0.202. The van der Waals surface area contributed by atoms with Crippen LogP contribution >= 0.6 is 11.8 Å². The smallest absolute Gasteiger partial charge is 0.337 e. The molecule has 0 bridgehead atoms. The lowest BCUT2D eigenvalue weighted by Gasteiger charge is -2.16. The summed E-state index contributed by atoms with van der Waals surface area (Å²) in [7, 11) is 0. The van der Waals surface area contributed by atoms with Crippen molar-refractivity contribution >= 4 is 17.7 Å². The largest absolute Gasteiger partial charge is 0.478 e. The molecule has 1 N–H and O–H groups in total. The van der Waals surface area contributed by atoms with Crippen LogP contribution in [0.2, 0.25) is 0 Å². The molecule has 0 atom stereocenters. The van der Waals surface area contributed by atoms with Gasteiger partial charge in [0.2, 0.25) is 0 Å². The molecule has 0 aliphatic rings. The molecule has 0 spiro atoms. The highest BCUT2D eigenvalue weighted by Crippen LogP contribution is 2.26. The van der Waals surface area contributed by atoms with Crippen LogP contribution in [-0.4, -0.2) is 20.8 Å². The van der Waals surface area contributed by atoms with E-state index >= 15 is 0 Å². The molecule has 0 saturated carbocycles. The van der Waals surface area contributed by atoms with Crippen LogP contribution in [0.1, 0.15) is 36.8 Å². The van der Waals surface area contributed by atoms with Gasteiger partial charge in [-0.1, -0.05) is 20.8 Å². The lowest BCUT2D eigenvalue weighted by atomic mass is 10.2. The Balaban J connectivity index is 2.61. The molecule has 1 heterocycles. The molecule has 1 rings (SSSR count). The zero-order chi connectivity index (χ0) is 11.5. The molecule has 82 valence electrons. The van der Waals surface area contributed by atoms with Gasteiger partial charge in [0.15, 0.2) is 0 Å². The van der Waals surface area contributed by atoms with Gasteiger partial charge in [-0.25, -0.2) is 4.79 Å². The second kappa shape index (κ2) is 4.66. The van der Waals surface area contributed by atoms with E-state index in [1.807, 2.05) is 0 Å². The van der Waals surface area contributed by atoms with Gasteiger partial charge in [0, 0.05) is 16.7 Å². The van der Waals surface area contributed by atoms with Crippen LogP contribution in [0, 0.1) is 0 Å². The summed E-state index contributed by atoms with van der Waals surface area (Å²) in [5, 5.41) is 8.69. The van der Waals surface area contributed by atoms with E-state index in [0.717, 1.165) is 11.4 Å². The second-order valence-corrected chi connectivity index (χ2v) is 6.05. The van der Waals surface area contributed by atoms with Gasteiger partial charge in [-0.3, -0.25) is 4.98 Å². The maximum atomic E-state index is 10.6. The fraction of sp³-hybridized carbons (Fsp3) is 0.455. The molecule has 0 saturated heterocycles. The molecule has 0 fully saturated rings. The van der Waals surface area contributed by atoms with Crippen molar-refractivity contribution < 1.29 is 9.90 Å². The molecule has 0 unspecified atom stereocenters. The molecular weight excluding hydrogens is 210 g/mol. The Hall–Kier alpha value is -1.03. The third kappa shape index (κ3) is 4.34. The Kier molecular flexibility index (Phi) is 3.74. The van der Waals surface area contributed by atoms with Crippen molar-refractivity contribution in [2.75, 3.05) is 0 Å². The molecule has 0 aliphatic heterocycles. The number of pyridine rings is 1. The molecule has 1 aromatic rings. The van der Waals surface area contributed by atoms with Gasteiger partial charge in [-0.05, 0) is 12.1 Å². The fourth-order valence-corrected chi connectivity index (χ4v) is 1.68. The number of carbonyl (C=O) groups is 1. The van der Waals surface area contributed by atoms with E-state index in [1.165, 1.54) is 6.20 Å². The predicted octanol–water partition coefficient (Wildman–Crippen LogP) is 2.81. The molecule has 0 aromatic carbocycles. The van der Waals surface area contributed by atoms with Crippen molar-refractivity contribution in [1.29, 1.82) is 0 Å². The summed E-state index contributed by atoms with van der Waals surface area (Å²) in [6, 6.07) is 3.36. The van der Waals surface area contributed by atoms with Crippen molar-refractivity contribution in [3.63, 3.8) is 0 Å². The molecule has 1 aromatic heterocycles. The first-order chi connectivity index (χ1) is 6.88. The van der Waals surface area contributed by atoms with E-state index < -0.39 is 5.97 Å². The second-order valence-electron chi connectivity index (χ2n) is 4.24. The zero-order valence-electron chi connectivity index (χ0n) is 9.15. The third-order valence-corrected chi connectivity index (χ3v) is 3.03. The predicted molar refractivity (Wildman–Crippen MR) is 62.2 cm³/mol. The zero-order valence-corrected chi connectivity index (χ0v) is 9.97. The molecule has 0 radical (unpaired) electrons. The number of nitrogens with zero attached hydrogens (tertiary/aromatic N) is 1. The van der Waals surface area contributed by atoms with E-state index in [0.29, 0.717) is 0 Å². The quantitative estimate of drug-likeness (QED) is 0.859. The normalized spacial score (nSPS) is 11.4. The lowest BCUT2D eigenvalue weighted by Crippen LogP contribution is -2.08. The first-order valence-electron chi connectivity index (χ1n) is 4.71. The van der Waals surface area contributed by atoms with E-state index in [1.54, 1.807) is 23.9 Å². The van der Waals surface area contributed by atoms with Gasteiger partial charge >= 0.3 is 5.97 Å². The number of aromatic nitrogens is 1. The Labute approximate surface area is 93.9 Å². The fourth-order valence-electron chi connectivity index (χ4n) is 0.927. The van der Waals surface area contributed by atoms with Gasteiger partial charge in [-0.2, -0.15) is 0 Å². The van der Waals surface area contributed by atoms with Crippen LogP contribution in [0.5, 0.6) is 0 Å². The van der Waals surface area contributed by atoms with Crippen LogP contribution in [0.15, 0.2) is 18.3 Å². The number of aromatic carboxylic acids is 1. The van der Waals surface area contributed by atoms with Gasteiger partial charge < -0.3 is 5.11 Å². The minimum Gasteiger partial charge on any atom is -0.478 e. The lowest BCUT2D eigenvalue weighted by molar-refractivity contribution is 0.0696. The van der Waals surface area contributed by atoms with Crippen LogP contribution < -0.4 is 0 Å². The summed E-state index contributed by atoms with van der Waals surface area (Å²) in [6.07, 6.45) is 1.40. The number of carboxylic acids is 1. The van der Waals surface area contributed by atoms with E-state index in [4.69, 9.17) is 5.11 Å². The average Bonchev–Trinajstić information content (AvgIpc) is 2.14. The SMILES string of the molecule is CC(C)(C)SCc1ccc(C(=O)O)cn1. The number of hydrogen-bond acceptors (Lipinski definition) is 3. The highest BCUT2D eigenvalue weighted by Gasteiger charge is 2.11. The first kappa shape index (κ1) is 12.0. The van der Waals surface area contributed by atoms with Crippen molar-refractivity contribution in [3.8, 4) is 0 Å². The number of hydrogen-bond donors (Lipinski definition) is 1. The summed E-state index contributed by atoms with van der Waals surface area (Å²) >= 11 is 1.79. The Morgan fingerprint density at radius 2 is 2.13 bits per heavy atom. The van der Waals surface area contributed by atoms with Crippen LogP contribution in [0.3, 0.4) is 0 Å². The monoisotopic (exact) mass is 225 g/mol. The minimum atomic E-state index is -0.933. The van der Waals surface area contributed by atoms with E-state index in [9.17, 15) is 4.79 Å². The van der Waals surface area contributed by atoms with Crippen molar-refractivity contribution in [2.45, 2.75) is 31.3 Å². The Morgan fingerprint density at radius 3 is 2.53 bits per heavy atom. The summed E-state index contributed by atoms with van der Waals surface area (Å²) in [4.78, 5) is 14.7. The summed E-state index contributed by atoms with van der Waals surface area (Å²) < 4.78 is 0.202. The van der Waals surface area contributed by atoms with E-state index in [2.05, 4.69) is 25.8 Å². The highest BCUT2D eigenvalue weighted by atomic mass is 32.2. The van der Waals surface area contributed by atoms with Crippen molar-refractivity contribution in [3.05, 3.63) is 29.6 Å². The van der Waals surface area contributed by atoms with Gasteiger partial charge in [-0.15, -0.1) is 11.8 Å². The summed E-state index contributed by atoms with van der Waals surface area (Å²) in [5.41, 5.74) is 1.15. The van der Waals surface area contributed by atoms with Crippen molar-refractivity contribution in [2.24, 2.45) is 0 Å². The van der Waals surface area contributed by atoms with Crippen LogP contribution in [-0.2, 0) is 5.75 Å². The Morgan fingerprint density at radius 1 is 1.47 bits per heavy atom. The van der Waals surface area contributed by atoms with E-state index in [-0.39, 0.29) is 10.3 Å². The topological polar surface area (TPSA) is 50.2 Å². The average molecular weight is 225 g/mol. The molecule has 15 heavy (non-hydrogen) atoms. The number of thioether (sulfide) groups is 1. The van der Waals surface area contributed by atoms with Gasteiger partial charge in [0.1, 0.15) is 0 Å². The van der Waals surface area contributed by atoms with Crippen LogP contribution in [0.4, 0.5) is 0 Å². The maximum Gasteiger partial charge on any atom is 0.337 e. The number of rotatable bonds is 3. The standard InChI is InChI=1S/C11H15NO2S/c1-11(2,3)15-7-9-5-4-8(6-12-9)10(13)14/h4-6H,7H2,1-3H3,(H,13,14). The first-order valence-corrected chi connectivity index (χ1v) is 5.69. The Bertz CT molecular complexity index is 341. The summed E-state index contributed by atoms with van der Waals surface area (Å²) in [5.74, 6) is -0.124. The molecule has 0 aliphatic carbocycles. The maximum absolute atomic E-state index is 10.6. The third-order valence-electron chi connectivity index (χ3n) is 1.72. The highest BCUT2D eigenvalue weighted by molar-refractivity contribution is 7.99. The summed E-state index contributed by atoms with van der Waals surface area (Å²) in [6.45, 7) is 6.43. The van der Waals surface area contributed by atoms with Gasteiger partial charge in [0.25, 0.3) is 0 Å². The number of carboxylic acid groups (broad SMARTS) is 1. The molecule has 0 amide bonds. The molecule has 3 nitrogen and oxygen atoms in total.